The van der Waals surface area contributed by atoms with E-state index in [4.69, 9.17) is 11.6 Å². The first kappa shape index (κ1) is 17.9. The lowest BCUT2D eigenvalue weighted by Crippen LogP contribution is -2.19. The van der Waals surface area contributed by atoms with Crippen molar-refractivity contribution in [3.63, 3.8) is 0 Å². The van der Waals surface area contributed by atoms with Crippen molar-refractivity contribution in [2.45, 2.75) is 18.7 Å². The summed E-state index contributed by atoms with van der Waals surface area (Å²) in [5, 5.41) is 14.5. The minimum Gasteiger partial charge on any atom is -0.258 e. The van der Waals surface area contributed by atoms with Gasteiger partial charge in [0.25, 0.3) is 15.7 Å². The number of hydrazone groups is 1. The van der Waals surface area contributed by atoms with Crippen molar-refractivity contribution in [1.29, 1.82) is 0 Å². The van der Waals surface area contributed by atoms with Crippen LogP contribution in [0.2, 0.25) is 5.02 Å². The molecule has 1 N–H and O–H groups in total. The summed E-state index contributed by atoms with van der Waals surface area (Å²) in [6.45, 7) is 3.47. The largest absolute Gasteiger partial charge is 0.288 e. The van der Waals surface area contributed by atoms with Gasteiger partial charge in [-0.05, 0) is 37.1 Å². The van der Waals surface area contributed by atoms with Gasteiger partial charge >= 0.3 is 0 Å². The van der Waals surface area contributed by atoms with E-state index in [0.717, 1.165) is 5.56 Å². The molecule has 0 heterocycles. The lowest BCUT2D eigenvalue weighted by molar-refractivity contribution is -0.384. The van der Waals surface area contributed by atoms with E-state index in [1.165, 1.54) is 24.4 Å². The third-order valence-electron chi connectivity index (χ3n) is 3.19. The molecule has 0 saturated heterocycles. The number of benzene rings is 2. The van der Waals surface area contributed by atoms with E-state index >= 15 is 0 Å². The van der Waals surface area contributed by atoms with Crippen molar-refractivity contribution in [2.75, 3.05) is 0 Å². The molecule has 0 aliphatic rings. The maximum Gasteiger partial charge on any atom is 0.288 e. The van der Waals surface area contributed by atoms with E-state index in [2.05, 4.69) is 9.93 Å². The molecular weight excluding hydrogens is 354 g/mol. The van der Waals surface area contributed by atoms with Crippen LogP contribution in [0.5, 0.6) is 0 Å². The molecule has 0 aliphatic heterocycles. The zero-order valence-electron chi connectivity index (χ0n) is 12.9. The monoisotopic (exact) mass is 367 g/mol. The fourth-order valence-corrected chi connectivity index (χ4v) is 3.28. The summed E-state index contributed by atoms with van der Waals surface area (Å²) in [5.41, 5.74) is 1.46. The Kier molecular flexibility index (Phi) is 5.20. The lowest BCUT2D eigenvalue weighted by Gasteiger charge is -2.07. The molecule has 0 aromatic heterocycles. The van der Waals surface area contributed by atoms with Crippen LogP contribution in [0.1, 0.15) is 16.7 Å². The standard InChI is InChI=1S/C15H14ClN3O4S/c1-10-3-4-11(2)15(7-10)24(22,23)18-17-9-12-5-6-13(16)14(8-12)19(20)21/h3-9,18H,1-2H3/b17-9+. The molecule has 0 atom stereocenters. The first-order chi connectivity index (χ1) is 11.2. The molecule has 0 unspecified atom stereocenters. The molecule has 2 aromatic rings. The van der Waals surface area contributed by atoms with Crippen LogP contribution in [0.25, 0.3) is 0 Å². The van der Waals surface area contributed by atoms with Gasteiger partial charge in [-0.15, -0.1) is 0 Å². The van der Waals surface area contributed by atoms with Crippen LogP contribution in [0, 0.1) is 24.0 Å². The molecule has 2 rings (SSSR count). The highest BCUT2D eigenvalue weighted by Crippen LogP contribution is 2.24. The zero-order chi connectivity index (χ0) is 17.9. The third kappa shape index (κ3) is 4.09. The first-order valence-electron chi connectivity index (χ1n) is 6.77. The first-order valence-corrected chi connectivity index (χ1v) is 8.63. The Labute approximate surface area is 144 Å². The van der Waals surface area contributed by atoms with Gasteiger partial charge in [0.15, 0.2) is 0 Å². The van der Waals surface area contributed by atoms with Gasteiger partial charge in [-0.1, -0.05) is 29.8 Å². The second-order valence-electron chi connectivity index (χ2n) is 5.09. The number of nitro groups is 1. The van der Waals surface area contributed by atoms with Gasteiger partial charge in [0.05, 0.1) is 16.0 Å². The van der Waals surface area contributed by atoms with Crippen LogP contribution < -0.4 is 4.83 Å². The van der Waals surface area contributed by atoms with Gasteiger partial charge < -0.3 is 0 Å². The summed E-state index contributed by atoms with van der Waals surface area (Å²) in [5.74, 6) is 0. The Hall–Kier alpha value is -2.45. The van der Waals surface area contributed by atoms with Crippen LogP contribution >= 0.6 is 11.6 Å². The summed E-state index contributed by atoms with van der Waals surface area (Å²) in [4.78, 5) is 12.4. The lowest BCUT2D eigenvalue weighted by atomic mass is 10.2. The molecule has 7 nitrogen and oxygen atoms in total. The quantitative estimate of drug-likeness (QED) is 0.498. The molecular formula is C15H14ClN3O4S. The fraction of sp³-hybridized carbons (Fsp3) is 0.133. The minimum absolute atomic E-state index is 0.00637. The van der Waals surface area contributed by atoms with Crippen LogP contribution in [0.15, 0.2) is 46.4 Å². The van der Waals surface area contributed by atoms with Crippen LogP contribution in [0.3, 0.4) is 0 Å². The molecule has 126 valence electrons. The van der Waals surface area contributed by atoms with Gasteiger partial charge in [-0.2, -0.15) is 13.5 Å². The molecule has 0 fully saturated rings. The third-order valence-corrected chi connectivity index (χ3v) is 4.87. The number of hydrogen-bond acceptors (Lipinski definition) is 5. The summed E-state index contributed by atoms with van der Waals surface area (Å²) < 4.78 is 24.5. The number of halogens is 1. The van der Waals surface area contributed by atoms with Gasteiger partial charge in [-0.25, -0.2) is 4.83 Å². The van der Waals surface area contributed by atoms with Gasteiger partial charge in [0.1, 0.15) is 5.02 Å². The summed E-state index contributed by atoms with van der Waals surface area (Å²) in [6.07, 6.45) is 1.17. The van der Waals surface area contributed by atoms with Crippen LogP contribution in [0.4, 0.5) is 5.69 Å². The smallest absolute Gasteiger partial charge is 0.258 e. The SMILES string of the molecule is Cc1ccc(C)c(S(=O)(=O)N/N=C/c2ccc(Cl)c([N+](=O)[O-])c2)c1. The predicted octanol–water partition coefficient (Wildman–Crippen LogP) is 3.18. The molecule has 0 radical (unpaired) electrons. The fourth-order valence-electron chi connectivity index (χ4n) is 1.97. The Morgan fingerprint density at radius 1 is 1.21 bits per heavy atom. The van der Waals surface area contributed by atoms with Crippen molar-refractivity contribution >= 4 is 33.5 Å². The molecule has 9 heteroatoms. The van der Waals surface area contributed by atoms with Gasteiger partial charge in [0.2, 0.25) is 0 Å². The average molecular weight is 368 g/mol. The summed E-state index contributed by atoms with van der Waals surface area (Å²) >= 11 is 5.71. The van der Waals surface area contributed by atoms with Gasteiger partial charge in [-0.3, -0.25) is 10.1 Å². The number of aryl methyl sites for hydroxylation is 2. The maximum atomic E-state index is 12.3. The molecule has 0 bridgehead atoms. The second kappa shape index (κ2) is 6.98. The Balaban J connectivity index is 2.23. The highest BCUT2D eigenvalue weighted by molar-refractivity contribution is 7.89. The summed E-state index contributed by atoms with van der Waals surface area (Å²) in [6, 6.07) is 9.10. The van der Waals surface area contributed by atoms with Crippen LogP contribution in [-0.4, -0.2) is 19.6 Å². The number of nitrogens with zero attached hydrogens (tertiary/aromatic N) is 2. The average Bonchev–Trinajstić information content (AvgIpc) is 2.50. The van der Waals surface area contributed by atoms with E-state index in [0.29, 0.717) is 11.1 Å². The molecule has 0 saturated carbocycles. The normalized spacial score (nSPS) is 11.6. The molecule has 24 heavy (non-hydrogen) atoms. The second-order valence-corrected chi connectivity index (χ2v) is 7.13. The Bertz CT molecular complexity index is 926. The highest BCUT2D eigenvalue weighted by Gasteiger charge is 2.16. The van der Waals surface area contributed by atoms with Crippen molar-refractivity contribution in [3.8, 4) is 0 Å². The minimum atomic E-state index is -3.83. The van der Waals surface area contributed by atoms with Crippen molar-refractivity contribution < 1.29 is 13.3 Å². The molecule has 2 aromatic carbocycles. The van der Waals surface area contributed by atoms with E-state index in [9.17, 15) is 18.5 Å². The number of nitro benzene ring substituents is 1. The van der Waals surface area contributed by atoms with Crippen molar-refractivity contribution in [1.82, 2.24) is 4.83 Å². The van der Waals surface area contributed by atoms with E-state index in [1.54, 1.807) is 26.0 Å². The number of hydrogen-bond donors (Lipinski definition) is 1. The van der Waals surface area contributed by atoms with E-state index < -0.39 is 14.9 Å². The number of nitrogens with one attached hydrogen (secondary N) is 1. The Morgan fingerprint density at radius 3 is 2.58 bits per heavy atom. The van der Waals surface area contributed by atoms with Gasteiger partial charge in [0, 0.05) is 11.6 Å². The summed E-state index contributed by atoms with van der Waals surface area (Å²) in [7, 11) is -3.83. The van der Waals surface area contributed by atoms with Crippen LogP contribution in [-0.2, 0) is 10.0 Å². The van der Waals surface area contributed by atoms with Crippen molar-refractivity contribution in [3.05, 3.63) is 68.2 Å². The van der Waals surface area contributed by atoms with Crippen molar-refractivity contribution in [2.24, 2.45) is 5.10 Å². The molecule has 0 spiro atoms. The highest BCUT2D eigenvalue weighted by atomic mass is 35.5. The topological polar surface area (TPSA) is 102 Å². The molecule has 0 amide bonds. The number of rotatable bonds is 5. The number of sulfonamides is 1. The molecule has 0 aliphatic carbocycles. The van der Waals surface area contributed by atoms with E-state index in [1.807, 2.05) is 6.07 Å². The predicted molar refractivity (Wildman–Crippen MR) is 91.9 cm³/mol. The maximum absolute atomic E-state index is 12.3. The van der Waals surface area contributed by atoms with E-state index in [-0.39, 0.29) is 15.6 Å². The Morgan fingerprint density at radius 2 is 1.92 bits per heavy atom. The zero-order valence-corrected chi connectivity index (χ0v) is 14.4.